The van der Waals surface area contributed by atoms with Gasteiger partial charge < -0.3 is 14.6 Å². The molecule has 1 N–H and O–H groups in total. The monoisotopic (exact) mass is 312 g/mol. The summed E-state index contributed by atoms with van der Waals surface area (Å²) in [4.78, 5) is 11.0. The van der Waals surface area contributed by atoms with Crippen molar-refractivity contribution in [3.8, 4) is 11.8 Å². The number of esters is 1. The van der Waals surface area contributed by atoms with Gasteiger partial charge in [-0.1, -0.05) is 57.8 Å². The lowest BCUT2D eigenvalue weighted by Gasteiger charge is -2.13. The van der Waals surface area contributed by atoms with Crippen LogP contribution >= 0.6 is 0 Å². The van der Waals surface area contributed by atoms with E-state index < -0.39 is 12.2 Å². The van der Waals surface area contributed by atoms with Gasteiger partial charge in [-0.3, -0.25) is 4.79 Å². The maximum absolute atomic E-state index is 11.0. The first-order valence-electron chi connectivity index (χ1n) is 8.51. The molecule has 0 aliphatic heterocycles. The zero-order chi connectivity index (χ0) is 16.6. The highest BCUT2D eigenvalue weighted by molar-refractivity contribution is 5.66. The number of hydrogen-bond acceptors (Lipinski definition) is 4. The number of carbonyl (C=O) groups is 1. The molecule has 0 rings (SSSR count). The molecule has 0 aromatic rings. The zero-order valence-corrected chi connectivity index (χ0v) is 14.4. The van der Waals surface area contributed by atoms with E-state index in [0.717, 1.165) is 12.8 Å². The molecule has 0 aromatic carbocycles. The van der Waals surface area contributed by atoms with Gasteiger partial charge in [-0.15, -0.1) is 0 Å². The molecule has 2 atom stereocenters. The number of hydrogen-bond donors (Lipinski definition) is 1. The second-order valence-electron chi connectivity index (χ2n) is 5.54. The van der Waals surface area contributed by atoms with Crippen LogP contribution in [0, 0.1) is 11.8 Å². The molecule has 4 nitrogen and oxygen atoms in total. The Balaban J connectivity index is 3.93. The Hall–Kier alpha value is -1.05. The van der Waals surface area contributed by atoms with Crippen LogP contribution in [0.25, 0.3) is 0 Å². The molecule has 128 valence electrons. The van der Waals surface area contributed by atoms with E-state index >= 15 is 0 Å². The van der Waals surface area contributed by atoms with Gasteiger partial charge in [0.15, 0.2) is 6.10 Å². The molecule has 0 aliphatic rings. The van der Waals surface area contributed by atoms with Crippen LogP contribution in [0.15, 0.2) is 0 Å². The Kier molecular flexibility index (Phi) is 14.2. The molecule has 0 saturated carbocycles. The third-order valence-corrected chi connectivity index (χ3v) is 3.28. The molecular formula is C18H32O4. The molecule has 0 spiro atoms. The second kappa shape index (κ2) is 14.9. The van der Waals surface area contributed by atoms with Crippen LogP contribution < -0.4 is 0 Å². The highest BCUT2D eigenvalue weighted by atomic mass is 16.6. The lowest BCUT2D eigenvalue weighted by atomic mass is 10.1. The Bertz CT molecular complexity index is 330. The normalized spacial score (nSPS) is 13.1. The molecule has 0 aromatic heterocycles. The van der Waals surface area contributed by atoms with Crippen molar-refractivity contribution in [1.29, 1.82) is 0 Å². The Morgan fingerprint density at radius 3 is 2.41 bits per heavy atom. The predicted molar refractivity (Wildman–Crippen MR) is 88.4 cm³/mol. The first-order chi connectivity index (χ1) is 10.6. The van der Waals surface area contributed by atoms with Crippen LogP contribution in [0.2, 0.25) is 0 Å². The lowest BCUT2D eigenvalue weighted by molar-refractivity contribution is -0.146. The molecule has 0 bridgehead atoms. The molecule has 0 aliphatic carbocycles. The third-order valence-electron chi connectivity index (χ3n) is 3.28. The fourth-order valence-electron chi connectivity index (χ4n) is 1.91. The smallest absolute Gasteiger partial charge is 0.303 e. The number of rotatable bonds is 12. The molecule has 0 heterocycles. The van der Waals surface area contributed by atoms with E-state index in [2.05, 4.69) is 18.8 Å². The number of unbranched alkanes of at least 4 members (excludes halogenated alkanes) is 6. The Morgan fingerprint density at radius 1 is 1.09 bits per heavy atom. The van der Waals surface area contributed by atoms with Crippen LogP contribution in [-0.4, -0.2) is 36.5 Å². The van der Waals surface area contributed by atoms with E-state index in [0.29, 0.717) is 6.42 Å². The second-order valence-corrected chi connectivity index (χ2v) is 5.54. The largest absolute Gasteiger partial charge is 0.447 e. The van der Waals surface area contributed by atoms with Gasteiger partial charge in [0, 0.05) is 13.3 Å². The van der Waals surface area contributed by atoms with Crippen molar-refractivity contribution in [2.75, 3.05) is 13.2 Å². The van der Waals surface area contributed by atoms with Crippen molar-refractivity contribution >= 4 is 5.97 Å². The quantitative estimate of drug-likeness (QED) is 0.341. The predicted octanol–water partition coefficient (Wildman–Crippen LogP) is 3.46. The fourth-order valence-corrected chi connectivity index (χ4v) is 1.91. The molecule has 22 heavy (non-hydrogen) atoms. The topological polar surface area (TPSA) is 55.8 Å². The van der Waals surface area contributed by atoms with E-state index in [1.165, 1.54) is 39.0 Å². The summed E-state index contributed by atoms with van der Waals surface area (Å²) in [7, 11) is 0. The van der Waals surface area contributed by atoms with Crippen LogP contribution in [0.3, 0.4) is 0 Å². The van der Waals surface area contributed by atoms with E-state index in [1.54, 1.807) is 0 Å². The average molecular weight is 312 g/mol. The molecule has 0 saturated heterocycles. The number of aliphatic hydroxyl groups is 1. The first-order valence-corrected chi connectivity index (χ1v) is 8.51. The first kappa shape index (κ1) is 20.9. The van der Waals surface area contributed by atoms with E-state index in [9.17, 15) is 9.90 Å². The molecular weight excluding hydrogens is 280 g/mol. The summed E-state index contributed by atoms with van der Waals surface area (Å²) < 4.78 is 10.4. The highest BCUT2D eigenvalue weighted by Gasteiger charge is 2.10. The van der Waals surface area contributed by atoms with Crippen LogP contribution in [0.5, 0.6) is 0 Å². The van der Waals surface area contributed by atoms with Crippen molar-refractivity contribution in [3.63, 3.8) is 0 Å². The van der Waals surface area contributed by atoms with Crippen molar-refractivity contribution in [2.24, 2.45) is 0 Å². The van der Waals surface area contributed by atoms with Gasteiger partial charge in [-0.2, -0.15) is 0 Å². The number of carbonyl (C=O) groups excluding carboxylic acids is 1. The summed E-state index contributed by atoms with van der Waals surface area (Å²) in [6, 6.07) is 0. The Labute approximate surface area is 135 Å². The van der Waals surface area contributed by atoms with Crippen LogP contribution in [-0.2, 0) is 14.3 Å². The maximum Gasteiger partial charge on any atom is 0.303 e. The summed E-state index contributed by atoms with van der Waals surface area (Å²) in [6.07, 6.45) is 7.86. The number of ether oxygens (including phenoxy) is 2. The molecule has 0 amide bonds. The summed E-state index contributed by atoms with van der Waals surface area (Å²) in [5, 5.41) is 9.42. The zero-order valence-electron chi connectivity index (χ0n) is 14.4. The standard InChI is InChI=1S/C18H32O4/c1-4-6-7-8-9-10-11-12-13-18(22-16(3)19)15-21-14-17(20)5-2/h17-18,20H,4-11,14-15H2,1-3H3. The summed E-state index contributed by atoms with van der Waals surface area (Å²) in [5.41, 5.74) is 0. The summed E-state index contributed by atoms with van der Waals surface area (Å²) in [6.45, 7) is 5.91. The minimum atomic E-state index is -0.540. The third kappa shape index (κ3) is 13.9. The Morgan fingerprint density at radius 2 is 1.77 bits per heavy atom. The van der Waals surface area contributed by atoms with E-state index in [4.69, 9.17) is 9.47 Å². The summed E-state index contributed by atoms with van der Waals surface area (Å²) in [5.74, 6) is 5.65. The molecule has 2 unspecified atom stereocenters. The SMILES string of the molecule is CCCCCCCCC#CC(COCC(O)CC)OC(C)=O. The van der Waals surface area contributed by atoms with E-state index in [-0.39, 0.29) is 19.2 Å². The fraction of sp³-hybridized carbons (Fsp3) is 0.833. The van der Waals surface area contributed by atoms with Gasteiger partial charge >= 0.3 is 5.97 Å². The molecule has 0 fully saturated rings. The van der Waals surface area contributed by atoms with E-state index in [1.807, 2.05) is 6.92 Å². The van der Waals surface area contributed by atoms with Crippen LogP contribution in [0.4, 0.5) is 0 Å². The van der Waals surface area contributed by atoms with Gasteiger partial charge in [0.2, 0.25) is 0 Å². The minimum Gasteiger partial charge on any atom is -0.447 e. The number of aliphatic hydroxyl groups excluding tert-OH is 1. The highest BCUT2D eigenvalue weighted by Crippen LogP contribution is 2.06. The van der Waals surface area contributed by atoms with Gasteiger partial charge in [0.25, 0.3) is 0 Å². The lowest BCUT2D eigenvalue weighted by Crippen LogP contribution is -2.24. The van der Waals surface area contributed by atoms with Crippen molar-refractivity contribution in [3.05, 3.63) is 0 Å². The average Bonchev–Trinajstić information content (AvgIpc) is 2.48. The molecule has 0 radical (unpaired) electrons. The van der Waals surface area contributed by atoms with Gasteiger partial charge in [-0.25, -0.2) is 0 Å². The van der Waals surface area contributed by atoms with Crippen LogP contribution in [0.1, 0.15) is 72.1 Å². The molecule has 4 heteroatoms. The van der Waals surface area contributed by atoms with Gasteiger partial charge in [0.1, 0.15) is 0 Å². The van der Waals surface area contributed by atoms with Crippen molar-refractivity contribution in [1.82, 2.24) is 0 Å². The van der Waals surface area contributed by atoms with Gasteiger partial charge in [-0.05, 0) is 12.8 Å². The minimum absolute atomic E-state index is 0.208. The maximum atomic E-state index is 11.0. The summed E-state index contributed by atoms with van der Waals surface area (Å²) >= 11 is 0. The van der Waals surface area contributed by atoms with Crippen molar-refractivity contribution in [2.45, 2.75) is 84.3 Å². The van der Waals surface area contributed by atoms with Gasteiger partial charge in [0.05, 0.1) is 19.3 Å². The van der Waals surface area contributed by atoms with Crippen molar-refractivity contribution < 1.29 is 19.4 Å².